The molecule has 98 valence electrons. The smallest absolute Gasteiger partial charge is 0.888 e. The summed E-state index contributed by atoms with van der Waals surface area (Å²) in [5.74, 6) is -3.64. The van der Waals surface area contributed by atoms with E-state index in [0.29, 0.717) is 18.2 Å². The van der Waals surface area contributed by atoms with E-state index in [2.05, 4.69) is 0 Å². The molecule has 0 atom stereocenters. The molecule has 2 nitrogen and oxygen atoms in total. The Hall–Kier alpha value is 1.80. The van der Waals surface area contributed by atoms with Crippen LogP contribution in [0.25, 0.3) is 5.57 Å². The maximum atomic E-state index is 13.1. The van der Waals surface area contributed by atoms with Gasteiger partial charge in [-0.1, -0.05) is 12.1 Å². The number of allylic oxidation sites excluding steroid dienone is 1. The molecular weight excluding hydrogens is 343 g/mol. The van der Waals surface area contributed by atoms with Gasteiger partial charge in [0.05, 0.1) is 5.57 Å². The fourth-order valence-corrected chi connectivity index (χ4v) is 1.23. The number of alkyl halides is 3. The van der Waals surface area contributed by atoms with E-state index in [1.807, 2.05) is 0 Å². The van der Waals surface area contributed by atoms with E-state index in [4.69, 9.17) is 0 Å². The Labute approximate surface area is 195 Å². The normalized spacial score (nSPS) is 12.0. The van der Waals surface area contributed by atoms with Gasteiger partial charge in [0.2, 0.25) is 0 Å². The second kappa shape index (κ2) is 9.83. The van der Waals surface area contributed by atoms with Crippen molar-refractivity contribution in [3.05, 3.63) is 41.1 Å². The molecule has 1 rings (SSSR count). The zero-order valence-corrected chi connectivity index (χ0v) is 16.6. The summed E-state index contributed by atoms with van der Waals surface area (Å²) in [7, 11) is -3.58. The molecule has 0 N–H and O–H groups in total. The Morgan fingerprint density at radius 1 is 1.05 bits per heavy atom. The summed E-state index contributed by atoms with van der Waals surface area (Å²) in [4.78, 5) is 0. The van der Waals surface area contributed by atoms with Crippen molar-refractivity contribution in [2.24, 2.45) is 0 Å². The van der Waals surface area contributed by atoms with Crippen LogP contribution in [0.1, 0.15) is 5.56 Å². The van der Waals surface area contributed by atoms with Gasteiger partial charge in [-0.15, -0.1) is 0 Å². The molecule has 1 aromatic carbocycles. The third-order valence-electron chi connectivity index (χ3n) is 1.95. The van der Waals surface area contributed by atoms with Crippen LogP contribution in [-0.4, -0.2) is 13.3 Å². The predicted molar refractivity (Wildman–Crippen MR) is 46.2 cm³/mol. The fourth-order valence-electron chi connectivity index (χ4n) is 1.23. The summed E-state index contributed by atoms with van der Waals surface area (Å²) >= 11 is 0. The van der Waals surface area contributed by atoms with Crippen molar-refractivity contribution >= 4 is 12.7 Å². The van der Waals surface area contributed by atoms with Crippen LogP contribution in [-0.2, 0) is 0 Å². The minimum absolute atomic E-state index is 0. The van der Waals surface area contributed by atoms with Gasteiger partial charge in [0, 0.05) is 11.3 Å². The van der Waals surface area contributed by atoms with Gasteiger partial charge in [-0.2, -0.15) is 13.2 Å². The molecule has 0 bridgehead atoms. The van der Waals surface area contributed by atoms with Gasteiger partial charge < -0.3 is 10.0 Å². The first-order chi connectivity index (χ1) is 8.16. The van der Waals surface area contributed by atoms with E-state index >= 15 is 0 Å². The van der Waals surface area contributed by atoms with Gasteiger partial charge in [-0.3, -0.25) is 0 Å². The minimum atomic E-state index is -5.49. The Bertz CT molecular complexity index is 492. The van der Waals surface area contributed by atoms with E-state index in [1.165, 1.54) is 0 Å². The second-order valence-corrected chi connectivity index (χ2v) is 3.15. The van der Waals surface area contributed by atoms with E-state index in [-0.39, 0.29) is 103 Å². The maximum Gasteiger partial charge on any atom is 1.00 e. The molecule has 0 aliphatic heterocycles. The topological polar surface area (TPSA) is 46.1 Å². The van der Waals surface area contributed by atoms with Crippen LogP contribution in [0.3, 0.4) is 0 Å². The largest absolute Gasteiger partial charge is 1.00 e. The summed E-state index contributed by atoms with van der Waals surface area (Å²) in [6, 6.07) is 1.62. The van der Waals surface area contributed by atoms with E-state index in [0.717, 1.165) is 0 Å². The van der Waals surface area contributed by atoms with Gasteiger partial charge in [0.25, 0.3) is 0 Å². The van der Waals surface area contributed by atoms with Gasteiger partial charge in [0.15, 0.2) is 11.6 Å². The Balaban J connectivity index is 0. The van der Waals surface area contributed by atoms with Crippen LogP contribution in [0.15, 0.2) is 23.9 Å². The molecule has 0 aromatic heterocycles. The van der Waals surface area contributed by atoms with E-state index < -0.39 is 41.8 Å². The fraction of sp³-hybridized carbons (Fsp3) is 0.111. The van der Waals surface area contributed by atoms with Crippen LogP contribution in [0, 0.1) is 11.6 Å². The van der Waals surface area contributed by atoms with Crippen molar-refractivity contribution in [3.8, 4) is 0 Å². The summed E-state index contributed by atoms with van der Waals surface area (Å²) in [6.45, 7) is 0. The maximum absolute atomic E-state index is 13.1. The first-order valence-electron chi connectivity index (χ1n) is 4.39. The van der Waals surface area contributed by atoms with E-state index in [1.54, 1.807) is 0 Å². The number of hydrogen-bond donors (Lipinski definition) is 0. The molecule has 20 heavy (non-hydrogen) atoms. The average molecular weight is 346 g/mol. The summed E-state index contributed by atoms with van der Waals surface area (Å²) < 4.78 is 76.2. The molecule has 0 amide bonds. The molecule has 1 aromatic rings. The van der Waals surface area contributed by atoms with Crippen molar-refractivity contribution < 1.29 is 139 Å². The molecule has 0 spiro atoms. The molecule has 0 heterocycles. The van der Waals surface area contributed by atoms with Crippen molar-refractivity contribution in [1.29, 1.82) is 0 Å². The molecule has 11 heteroatoms. The molecule has 0 radical (unpaired) electrons. The first kappa shape index (κ1) is 24.1. The van der Waals surface area contributed by atoms with Crippen LogP contribution in [0.2, 0.25) is 0 Å². The standard InChI is InChI=1S/C9H3BF6O2.2K/c11-5-3-1-2-4(7(5)12)6(9(14,15)16)8(13)10(17)18;;/h1-3H;;/q-2;2*+1. The molecule has 0 unspecified atom stereocenters. The van der Waals surface area contributed by atoms with E-state index in [9.17, 15) is 36.4 Å². The van der Waals surface area contributed by atoms with Crippen molar-refractivity contribution in [2.45, 2.75) is 6.18 Å². The van der Waals surface area contributed by atoms with Crippen LogP contribution in [0.4, 0.5) is 26.3 Å². The molecule has 0 saturated heterocycles. The number of halogens is 6. The number of rotatable bonds is 2. The quantitative estimate of drug-likeness (QED) is 0.398. The van der Waals surface area contributed by atoms with Gasteiger partial charge in [-0.05, 0) is 13.2 Å². The third-order valence-corrected chi connectivity index (χ3v) is 1.95. The van der Waals surface area contributed by atoms with Crippen LogP contribution in [0.5, 0.6) is 0 Å². The Morgan fingerprint density at radius 3 is 1.95 bits per heavy atom. The number of benzene rings is 1. The van der Waals surface area contributed by atoms with Gasteiger partial charge in [-0.25, -0.2) is 13.2 Å². The summed E-state index contributed by atoms with van der Waals surface area (Å²) in [6.07, 6.45) is -5.49. The molecule has 0 aliphatic rings. The monoisotopic (exact) mass is 346 g/mol. The second-order valence-electron chi connectivity index (χ2n) is 3.15. The Kier molecular flexibility index (Phi) is 11.8. The zero-order chi connectivity index (χ0) is 14.1. The van der Waals surface area contributed by atoms with Crippen LogP contribution < -0.4 is 113 Å². The third kappa shape index (κ3) is 6.12. The first-order valence-corrected chi connectivity index (χ1v) is 4.39. The zero-order valence-electron chi connectivity index (χ0n) is 10.4. The predicted octanol–water partition coefficient (Wildman–Crippen LogP) is -5.04. The number of hydrogen-bond acceptors (Lipinski definition) is 2. The van der Waals surface area contributed by atoms with Crippen LogP contribution >= 0.6 is 0 Å². The van der Waals surface area contributed by atoms with Crippen molar-refractivity contribution in [1.82, 2.24) is 0 Å². The van der Waals surface area contributed by atoms with Crippen molar-refractivity contribution in [3.63, 3.8) is 0 Å². The minimum Gasteiger partial charge on any atom is -0.888 e. The summed E-state index contributed by atoms with van der Waals surface area (Å²) in [5, 5.41) is 20.4. The molecule has 0 aliphatic carbocycles. The van der Waals surface area contributed by atoms with Gasteiger partial charge >= 0.3 is 109 Å². The molecule has 0 saturated carbocycles. The SMILES string of the molecule is [K+].[K+].[O-]B([O-])C(F)=C(c1cccc(F)c1F)C(F)(F)F. The molecule has 0 fully saturated rings. The average Bonchev–Trinajstić information content (AvgIpc) is 2.22. The molecular formula is C9H3BF6K2O2. The summed E-state index contributed by atoms with van der Waals surface area (Å²) in [5.41, 5.74) is -6.54. The van der Waals surface area contributed by atoms with Gasteiger partial charge in [0.1, 0.15) is 0 Å². The van der Waals surface area contributed by atoms with Crippen molar-refractivity contribution in [2.75, 3.05) is 0 Å². The Morgan fingerprint density at radius 2 is 1.55 bits per heavy atom.